The van der Waals surface area contributed by atoms with Gasteiger partial charge in [-0.2, -0.15) is 0 Å². The standard InChI is InChI=1S/C21H25NO2/c1-15(23)17-8-12-19(13-9-17)22-20(24)14-7-16-5-10-18(11-6-16)21(2,3)4/h5-6,8-13H,7,14H2,1-4H3,(H,22,24). The summed E-state index contributed by atoms with van der Waals surface area (Å²) in [5.74, 6) is -0.00273. The van der Waals surface area contributed by atoms with Crippen LogP contribution in [0.25, 0.3) is 0 Å². The predicted octanol–water partition coefficient (Wildman–Crippen LogP) is 4.76. The third-order valence-electron chi connectivity index (χ3n) is 4.04. The number of nitrogens with one attached hydrogen (secondary N) is 1. The van der Waals surface area contributed by atoms with Crippen molar-refractivity contribution < 1.29 is 9.59 Å². The number of carbonyl (C=O) groups is 2. The molecule has 0 spiro atoms. The molecule has 2 aromatic carbocycles. The van der Waals surface area contributed by atoms with Gasteiger partial charge in [0.05, 0.1) is 0 Å². The molecule has 0 saturated carbocycles. The Kier molecular flexibility index (Phi) is 5.55. The van der Waals surface area contributed by atoms with Crippen LogP contribution in [-0.2, 0) is 16.6 Å². The molecule has 3 nitrogen and oxygen atoms in total. The highest BCUT2D eigenvalue weighted by atomic mass is 16.1. The van der Waals surface area contributed by atoms with Crippen molar-refractivity contribution in [2.45, 2.75) is 46.0 Å². The van der Waals surface area contributed by atoms with Crippen LogP contribution < -0.4 is 5.32 Å². The molecule has 0 heterocycles. The highest BCUT2D eigenvalue weighted by molar-refractivity contribution is 5.95. The minimum atomic E-state index is -0.0227. The normalized spacial score (nSPS) is 11.2. The van der Waals surface area contributed by atoms with E-state index in [4.69, 9.17) is 0 Å². The third-order valence-corrected chi connectivity index (χ3v) is 4.04. The van der Waals surface area contributed by atoms with Gasteiger partial charge in [-0.25, -0.2) is 0 Å². The number of rotatable bonds is 5. The van der Waals surface area contributed by atoms with Gasteiger partial charge in [0.2, 0.25) is 5.91 Å². The van der Waals surface area contributed by atoms with Gasteiger partial charge in [0.15, 0.2) is 5.78 Å². The molecule has 2 aromatic rings. The molecule has 0 atom stereocenters. The lowest BCUT2D eigenvalue weighted by molar-refractivity contribution is -0.116. The molecule has 2 rings (SSSR count). The fourth-order valence-corrected chi connectivity index (χ4v) is 2.44. The number of benzene rings is 2. The Labute approximate surface area is 144 Å². The van der Waals surface area contributed by atoms with Gasteiger partial charge in [0.25, 0.3) is 0 Å². The van der Waals surface area contributed by atoms with Crippen LogP contribution in [0.2, 0.25) is 0 Å². The summed E-state index contributed by atoms with van der Waals surface area (Å²) in [4.78, 5) is 23.3. The SMILES string of the molecule is CC(=O)c1ccc(NC(=O)CCc2ccc(C(C)(C)C)cc2)cc1. The molecule has 0 aliphatic rings. The second-order valence-electron chi connectivity index (χ2n) is 7.13. The molecule has 0 aromatic heterocycles. The Bertz CT molecular complexity index is 707. The zero-order chi connectivity index (χ0) is 17.7. The number of amides is 1. The first-order valence-electron chi connectivity index (χ1n) is 8.26. The number of carbonyl (C=O) groups excluding carboxylic acids is 2. The van der Waals surface area contributed by atoms with Crippen molar-refractivity contribution >= 4 is 17.4 Å². The first kappa shape index (κ1) is 17.9. The van der Waals surface area contributed by atoms with E-state index in [9.17, 15) is 9.59 Å². The van der Waals surface area contributed by atoms with Gasteiger partial charge in [-0.05, 0) is 54.2 Å². The summed E-state index contributed by atoms with van der Waals surface area (Å²) in [6, 6.07) is 15.4. The zero-order valence-corrected chi connectivity index (χ0v) is 14.8. The lowest BCUT2D eigenvalue weighted by Crippen LogP contribution is -2.13. The topological polar surface area (TPSA) is 46.2 Å². The van der Waals surface area contributed by atoms with Gasteiger partial charge < -0.3 is 5.32 Å². The van der Waals surface area contributed by atoms with Crippen molar-refractivity contribution in [3.63, 3.8) is 0 Å². The van der Waals surface area contributed by atoms with E-state index < -0.39 is 0 Å². The average molecular weight is 323 g/mol. The van der Waals surface area contributed by atoms with Gasteiger partial charge >= 0.3 is 0 Å². The lowest BCUT2D eigenvalue weighted by atomic mass is 9.86. The van der Waals surface area contributed by atoms with Crippen LogP contribution in [0.3, 0.4) is 0 Å². The second kappa shape index (κ2) is 7.43. The fourth-order valence-electron chi connectivity index (χ4n) is 2.44. The number of hydrogen-bond donors (Lipinski definition) is 1. The molecule has 3 heteroatoms. The largest absolute Gasteiger partial charge is 0.326 e. The first-order valence-corrected chi connectivity index (χ1v) is 8.26. The van der Waals surface area contributed by atoms with E-state index in [0.29, 0.717) is 24.1 Å². The molecule has 0 unspecified atom stereocenters. The summed E-state index contributed by atoms with van der Waals surface area (Å²) in [7, 11) is 0. The van der Waals surface area contributed by atoms with Crippen LogP contribution in [0.5, 0.6) is 0 Å². The minimum Gasteiger partial charge on any atom is -0.326 e. The molecule has 126 valence electrons. The number of aryl methyl sites for hydroxylation is 1. The minimum absolute atomic E-state index is 0.0200. The highest BCUT2D eigenvalue weighted by Crippen LogP contribution is 2.22. The van der Waals surface area contributed by atoms with Crippen molar-refractivity contribution in [3.8, 4) is 0 Å². The van der Waals surface area contributed by atoms with E-state index in [1.165, 1.54) is 12.5 Å². The van der Waals surface area contributed by atoms with Crippen LogP contribution in [0.4, 0.5) is 5.69 Å². The Balaban J connectivity index is 1.87. The number of hydrogen-bond acceptors (Lipinski definition) is 2. The number of anilines is 1. The van der Waals surface area contributed by atoms with Crippen LogP contribution in [-0.4, -0.2) is 11.7 Å². The summed E-state index contributed by atoms with van der Waals surface area (Å²) in [6.45, 7) is 8.09. The average Bonchev–Trinajstić information content (AvgIpc) is 2.53. The number of ketones is 1. The molecule has 1 N–H and O–H groups in total. The van der Waals surface area contributed by atoms with Gasteiger partial charge in [0.1, 0.15) is 0 Å². The molecular weight excluding hydrogens is 298 g/mol. The quantitative estimate of drug-likeness (QED) is 0.807. The second-order valence-corrected chi connectivity index (χ2v) is 7.13. The monoisotopic (exact) mass is 323 g/mol. The molecular formula is C21H25NO2. The summed E-state index contributed by atoms with van der Waals surface area (Å²) < 4.78 is 0. The molecule has 1 amide bonds. The van der Waals surface area contributed by atoms with Crippen LogP contribution in [0.15, 0.2) is 48.5 Å². The van der Waals surface area contributed by atoms with Crippen LogP contribution in [0.1, 0.15) is 55.6 Å². The van der Waals surface area contributed by atoms with Crippen molar-refractivity contribution in [3.05, 3.63) is 65.2 Å². The van der Waals surface area contributed by atoms with Gasteiger partial charge in [-0.15, -0.1) is 0 Å². The van der Waals surface area contributed by atoms with Crippen molar-refractivity contribution in [1.29, 1.82) is 0 Å². The van der Waals surface area contributed by atoms with Gasteiger partial charge in [0, 0.05) is 17.7 Å². The van der Waals surface area contributed by atoms with Crippen molar-refractivity contribution in [1.82, 2.24) is 0 Å². The van der Waals surface area contributed by atoms with Crippen LogP contribution >= 0.6 is 0 Å². The summed E-state index contributed by atoms with van der Waals surface area (Å²) in [5, 5.41) is 2.86. The van der Waals surface area contributed by atoms with Crippen molar-refractivity contribution in [2.75, 3.05) is 5.32 Å². The maximum absolute atomic E-state index is 12.1. The molecule has 0 bridgehead atoms. The zero-order valence-electron chi connectivity index (χ0n) is 14.8. The van der Waals surface area contributed by atoms with E-state index in [2.05, 4.69) is 50.4 Å². The maximum Gasteiger partial charge on any atom is 0.224 e. The van der Waals surface area contributed by atoms with E-state index in [-0.39, 0.29) is 17.1 Å². The smallest absolute Gasteiger partial charge is 0.224 e. The van der Waals surface area contributed by atoms with E-state index in [0.717, 1.165) is 5.56 Å². The summed E-state index contributed by atoms with van der Waals surface area (Å²) in [6.07, 6.45) is 1.14. The maximum atomic E-state index is 12.1. The fraction of sp³-hybridized carbons (Fsp3) is 0.333. The molecule has 0 fully saturated rings. The molecule has 0 saturated heterocycles. The Morgan fingerprint density at radius 2 is 1.50 bits per heavy atom. The third kappa shape index (κ3) is 5.05. The van der Waals surface area contributed by atoms with E-state index in [1.54, 1.807) is 24.3 Å². The molecule has 24 heavy (non-hydrogen) atoms. The van der Waals surface area contributed by atoms with Gasteiger partial charge in [-0.1, -0.05) is 45.0 Å². The lowest BCUT2D eigenvalue weighted by Gasteiger charge is -2.19. The molecule has 0 aliphatic carbocycles. The Hall–Kier alpha value is -2.42. The highest BCUT2D eigenvalue weighted by Gasteiger charge is 2.13. The Morgan fingerprint density at radius 3 is 2.00 bits per heavy atom. The van der Waals surface area contributed by atoms with E-state index in [1.807, 2.05) is 0 Å². The summed E-state index contributed by atoms with van der Waals surface area (Å²) >= 11 is 0. The van der Waals surface area contributed by atoms with Crippen molar-refractivity contribution in [2.24, 2.45) is 0 Å². The summed E-state index contributed by atoms with van der Waals surface area (Å²) in [5.41, 5.74) is 3.95. The first-order chi connectivity index (χ1) is 11.3. The molecule has 0 aliphatic heterocycles. The Morgan fingerprint density at radius 1 is 0.917 bits per heavy atom. The van der Waals surface area contributed by atoms with Gasteiger partial charge in [-0.3, -0.25) is 9.59 Å². The van der Waals surface area contributed by atoms with Crippen LogP contribution in [0, 0.1) is 0 Å². The molecule has 0 radical (unpaired) electrons. The van der Waals surface area contributed by atoms with E-state index >= 15 is 0 Å². The predicted molar refractivity (Wildman–Crippen MR) is 98.5 cm³/mol. The number of Topliss-reactive ketones (excluding diaryl/α,β-unsaturated/α-hetero) is 1.